The van der Waals surface area contributed by atoms with Crippen molar-refractivity contribution in [3.8, 4) is 6.07 Å². The lowest BCUT2D eigenvalue weighted by Gasteiger charge is -2.06. The number of nitrogens with two attached hydrogens (primary N) is 1. The lowest BCUT2D eigenvalue weighted by Crippen LogP contribution is -2.22. The summed E-state index contributed by atoms with van der Waals surface area (Å²) < 4.78 is 27.1. The molecule has 0 radical (unpaired) electrons. The lowest BCUT2D eigenvalue weighted by molar-refractivity contribution is 0.101. The van der Waals surface area contributed by atoms with Crippen LogP contribution in [0.5, 0.6) is 0 Å². The van der Waals surface area contributed by atoms with Crippen molar-refractivity contribution in [3.63, 3.8) is 0 Å². The van der Waals surface area contributed by atoms with Crippen molar-refractivity contribution in [2.45, 2.75) is 6.92 Å². The third-order valence-corrected chi connectivity index (χ3v) is 2.09. The van der Waals surface area contributed by atoms with E-state index in [2.05, 4.69) is 5.10 Å². The Morgan fingerprint density at radius 2 is 2.00 bits per heavy atom. The van der Waals surface area contributed by atoms with Crippen LogP contribution in [0.3, 0.4) is 0 Å². The van der Waals surface area contributed by atoms with Crippen LogP contribution in [0.25, 0.3) is 0 Å². The molecule has 0 aliphatic rings. The van der Waals surface area contributed by atoms with E-state index in [1.165, 1.54) is 13.0 Å². The van der Waals surface area contributed by atoms with Crippen molar-refractivity contribution < 1.29 is 13.6 Å². The topological polar surface area (TPSA) is 115 Å². The van der Waals surface area contributed by atoms with E-state index in [4.69, 9.17) is 16.4 Å². The molecule has 0 atom stereocenters. The van der Waals surface area contributed by atoms with Gasteiger partial charge in [0.25, 0.3) is 0 Å². The highest BCUT2D eigenvalue weighted by atomic mass is 19.1. The molecule has 0 unspecified atom stereocenters. The summed E-state index contributed by atoms with van der Waals surface area (Å²) in [5, 5.41) is 18.8. The summed E-state index contributed by atoms with van der Waals surface area (Å²) in [5.41, 5.74) is 5.69. The number of hydrogen-bond donors (Lipinski definition) is 3. The maximum Gasteiger partial charge on any atom is 0.201 e. The third-order valence-electron chi connectivity index (χ3n) is 2.09. The second-order valence-electron chi connectivity index (χ2n) is 3.47. The number of carbonyl (C=O) groups is 1. The number of Topliss-reactive ketones (excluding diaryl/α,β-unsaturated/α-hetero) is 1. The summed E-state index contributed by atoms with van der Waals surface area (Å²) in [7, 11) is 0. The van der Waals surface area contributed by atoms with Gasteiger partial charge in [0.05, 0.1) is 0 Å². The van der Waals surface area contributed by atoms with Gasteiger partial charge in [-0.25, -0.2) is 8.78 Å². The van der Waals surface area contributed by atoms with Crippen LogP contribution < -0.4 is 11.2 Å². The minimum atomic E-state index is -1.05. The predicted octanol–water partition coefficient (Wildman–Crippen LogP) is 1.39. The molecule has 8 heteroatoms. The number of nitrogens with one attached hydrogen (secondary N) is 2. The molecule has 1 aromatic rings. The summed E-state index contributed by atoms with van der Waals surface area (Å²) in [6.07, 6.45) is 0. The first kappa shape index (κ1) is 14.2. The van der Waals surface area contributed by atoms with E-state index in [1.807, 2.05) is 5.43 Å². The Labute approximate surface area is 107 Å². The number of anilines is 1. The number of amidine groups is 1. The normalized spacial score (nSPS) is 10.7. The first-order valence-corrected chi connectivity index (χ1v) is 4.95. The van der Waals surface area contributed by atoms with Crippen molar-refractivity contribution >= 4 is 23.0 Å². The molecule has 0 aliphatic carbocycles. The molecule has 0 saturated carbocycles. The van der Waals surface area contributed by atoms with E-state index >= 15 is 0 Å². The Bertz CT molecular complexity index is 595. The van der Waals surface area contributed by atoms with Crippen molar-refractivity contribution in [3.05, 3.63) is 29.3 Å². The smallest absolute Gasteiger partial charge is 0.201 e. The Morgan fingerprint density at radius 1 is 1.47 bits per heavy atom. The van der Waals surface area contributed by atoms with Gasteiger partial charge in [-0.15, -0.1) is 0 Å². The van der Waals surface area contributed by atoms with Crippen LogP contribution in [0.4, 0.5) is 14.5 Å². The van der Waals surface area contributed by atoms with Gasteiger partial charge in [0.2, 0.25) is 5.71 Å². The number of hydrazone groups is 1. The largest absolute Gasteiger partial charge is 0.382 e. The first-order chi connectivity index (χ1) is 8.86. The minimum absolute atomic E-state index is 0.128. The minimum Gasteiger partial charge on any atom is -0.382 e. The summed E-state index contributed by atoms with van der Waals surface area (Å²) in [5.74, 6) is -3.23. The van der Waals surface area contributed by atoms with Crippen LogP contribution in [0.2, 0.25) is 0 Å². The van der Waals surface area contributed by atoms with Crippen molar-refractivity contribution in [1.29, 1.82) is 10.7 Å². The predicted molar refractivity (Wildman–Crippen MR) is 64.9 cm³/mol. The van der Waals surface area contributed by atoms with E-state index in [0.717, 1.165) is 12.1 Å². The second kappa shape index (κ2) is 5.68. The Kier molecular flexibility index (Phi) is 4.26. The van der Waals surface area contributed by atoms with E-state index in [1.54, 1.807) is 0 Å². The SMILES string of the molecule is CC(=O)c1cc(F)c(N/N=C(\C#N)C(=N)N)c(F)c1. The number of carbonyl (C=O) groups excluding carboxylic acids is 1. The van der Waals surface area contributed by atoms with Gasteiger partial charge < -0.3 is 5.73 Å². The molecule has 0 fully saturated rings. The van der Waals surface area contributed by atoms with Crippen LogP contribution in [0, 0.1) is 28.4 Å². The van der Waals surface area contributed by atoms with Crippen molar-refractivity contribution in [2.75, 3.05) is 5.43 Å². The van der Waals surface area contributed by atoms with Gasteiger partial charge >= 0.3 is 0 Å². The standard InChI is InChI=1S/C11H9F2N5O/c1-5(19)6-2-7(12)10(8(13)3-6)18-17-9(4-14)11(15)16/h2-3,18H,1H3,(H3,15,16)/b17-9+. The van der Waals surface area contributed by atoms with Crippen LogP contribution in [0.1, 0.15) is 17.3 Å². The van der Waals surface area contributed by atoms with E-state index in [9.17, 15) is 13.6 Å². The van der Waals surface area contributed by atoms with Gasteiger partial charge in [-0.2, -0.15) is 10.4 Å². The molecule has 98 valence electrons. The summed E-state index contributed by atoms with van der Waals surface area (Å²) in [6, 6.07) is 3.15. The quantitative estimate of drug-likeness (QED) is 0.330. The van der Waals surface area contributed by atoms with Gasteiger partial charge in [-0.05, 0) is 19.1 Å². The zero-order chi connectivity index (χ0) is 14.6. The number of nitriles is 1. The Hall–Kier alpha value is -2.82. The highest BCUT2D eigenvalue weighted by Gasteiger charge is 2.13. The molecule has 4 N–H and O–H groups in total. The average molecular weight is 265 g/mol. The summed E-state index contributed by atoms with van der Waals surface area (Å²) in [4.78, 5) is 11.0. The van der Waals surface area contributed by atoms with Gasteiger partial charge in [-0.1, -0.05) is 0 Å². The molecule has 1 rings (SSSR count). The number of hydrogen-bond acceptors (Lipinski definition) is 5. The average Bonchev–Trinajstić information content (AvgIpc) is 2.31. The fraction of sp³-hybridized carbons (Fsp3) is 0.0909. The van der Waals surface area contributed by atoms with Gasteiger partial charge in [0, 0.05) is 5.56 Å². The Morgan fingerprint density at radius 3 is 2.37 bits per heavy atom. The summed E-state index contributed by atoms with van der Waals surface area (Å²) in [6.45, 7) is 1.17. The van der Waals surface area contributed by atoms with Crippen molar-refractivity contribution in [1.82, 2.24) is 0 Å². The van der Waals surface area contributed by atoms with E-state index in [0.29, 0.717) is 0 Å². The molecule has 0 saturated heterocycles. The maximum atomic E-state index is 13.5. The third kappa shape index (κ3) is 3.32. The monoisotopic (exact) mass is 265 g/mol. The highest BCUT2D eigenvalue weighted by Crippen LogP contribution is 2.21. The molecule has 0 bridgehead atoms. The van der Waals surface area contributed by atoms with Gasteiger partial charge in [0.15, 0.2) is 23.3 Å². The van der Waals surface area contributed by atoms with E-state index < -0.39 is 34.7 Å². The number of rotatable bonds is 4. The van der Waals surface area contributed by atoms with Crippen molar-refractivity contribution in [2.24, 2.45) is 10.8 Å². The van der Waals surface area contributed by atoms with Crippen LogP contribution >= 0.6 is 0 Å². The first-order valence-electron chi connectivity index (χ1n) is 4.95. The van der Waals surface area contributed by atoms with Crippen LogP contribution in [-0.4, -0.2) is 17.3 Å². The molecule has 19 heavy (non-hydrogen) atoms. The second-order valence-corrected chi connectivity index (χ2v) is 3.47. The van der Waals surface area contributed by atoms with Crippen LogP contribution in [0.15, 0.2) is 17.2 Å². The molecular weight excluding hydrogens is 256 g/mol. The molecule has 6 nitrogen and oxygen atoms in total. The molecular formula is C11H9F2N5O. The fourth-order valence-electron chi connectivity index (χ4n) is 1.14. The van der Waals surface area contributed by atoms with E-state index in [-0.39, 0.29) is 5.56 Å². The zero-order valence-electron chi connectivity index (χ0n) is 9.79. The number of ketones is 1. The van der Waals surface area contributed by atoms with Gasteiger partial charge in [0.1, 0.15) is 11.8 Å². The molecule has 0 spiro atoms. The highest BCUT2D eigenvalue weighted by molar-refractivity contribution is 6.45. The molecule has 0 aliphatic heterocycles. The lowest BCUT2D eigenvalue weighted by atomic mass is 10.1. The fourth-order valence-corrected chi connectivity index (χ4v) is 1.14. The number of halogens is 2. The molecule has 0 heterocycles. The van der Waals surface area contributed by atoms with Gasteiger partial charge in [-0.3, -0.25) is 15.6 Å². The zero-order valence-corrected chi connectivity index (χ0v) is 9.79. The summed E-state index contributed by atoms with van der Waals surface area (Å²) >= 11 is 0. The van der Waals surface area contributed by atoms with Crippen LogP contribution in [-0.2, 0) is 0 Å². The molecule has 1 aromatic carbocycles. The number of benzene rings is 1. The molecule has 0 amide bonds. The number of nitrogens with zero attached hydrogens (tertiary/aromatic N) is 2. The molecule has 0 aromatic heterocycles. The maximum absolute atomic E-state index is 13.5. The Balaban J connectivity index is 3.14.